The number of carbonyl (C=O) groups excluding carboxylic acids is 1. The van der Waals surface area contributed by atoms with E-state index in [1.165, 1.54) is 0 Å². The van der Waals surface area contributed by atoms with Gasteiger partial charge in [-0.15, -0.1) is 0 Å². The molecule has 0 bridgehead atoms. The molecule has 1 aromatic carbocycles. The Morgan fingerprint density at radius 1 is 1.26 bits per heavy atom. The summed E-state index contributed by atoms with van der Waals surface area (Å²) in [6.07, 6.45) is 1.40. The number of nitrogens with zero attached hydrogens (tertiary/aromatic N) is 1. The molecule has 1 saturated heterocycles. The third-order valence-electron chi connectivity index (χ3n) is 4.69. The highest BCUT2D eigenvalue weighted by Gasteiger charge is 2.28. The topological polar surface area (TPSA) is 52.6 Å². The molecule has 23 heavy (non-hydrogen) atoms. The molecule has 4 nitrogen and oxygen atoms in total. The van der Waals surface area contributed by atoms with Crippen molar-refractivity contribution < 1.29 is 9.90 Å². The quantitative estimate of drug-likeness (QED) is 0.876. The molecule has 1 aliphatic heterocycles. The van der Waals surface area contributed by atoms with Gasteiger partial charge >= 0.3 is 6.03 Å². The lowest BCUT2D eigenvalue weighted by Gasteiger charge is -2.35. The number of aliphatic hydroxyl groups excluding tert-OH is 1. The molecule has 0 aliphatic carbocycles. The number of likely N-dealkylation sites (tertiary alicyclic amines) is 1. The van der Waals surface area contributed by atoms with Gasteiger partial charge in [0, 0.05) is 18.1 Å². The highest BCUT2D eigenvalue weighted by atomic mass is 35.5. The van der Waals surface area contributed by atoms with Crippen LogP contribution in [0.25, 0.3) is 0 Å². The van der Waals surface area contributed by atoms with Gasteiger partial charge in [0.15, 0.2) is 0 Å². The van der Waals surface area contributed by atoms with Gasteiger partial charge in [0.2, 0.25) is 0 Å². The Balaban J connectivity index is 2.01. The molecule has 1 aromatic rings. The number of rotatable bonds is 4. The average Bonchev–Trinajstić information content (AvgIpc) is 2.53. The molecule has 5 heteroatoms. The van der Waals surface area contributed by atoms with Gasteiger partial charge in [-0.3, -0.25) is 0 Å². The number of benzene rings is 1. The summed E-state index contributed by atoms with van der Waals surface area (Å²) in [6, 6.07) is 7.50. The summed E-state index contributed by atoms with van der Waals surface area (Å²) in [4.78, 5) is 14.4. The zero-order valence-electron chi connectivity index (χ0n) is 14.1. The number of piperidine rings is 1. The van der Waals surface area contributed by atoms with Crippen LogP contribution in [0.2, 0.25) is 5.02 Å². The molecule has 128 valence electrons. The summed E-state index contributed by atoms with van der Waals surface area (Å²) in [5.41, 5.74) is 0.955. The SMILES string of the molecule is CC(C)C(NC(=O)N1CCC(C(C)O)CC1)c1ccccc1Cl. The van der Waals surface area contributed by atoms with Crippen molar-refractivity contribution in [1.82, 2.24) is 10.2 Å². The summed E-state index contributed by atoms with van der Waals surface area (Å²) in [5, 5.41) is 13.5. The Bertz CT molecular complexity index is 526. The highest BCUT2D eigenvalue weighted by molar-refractivity contribution is 6.31. The largest absolute Gasteiger partial charge is 0.393 e. The number of aliphatic hydroxyl groups is 1. The molecular weight excluding hydrogens is 312 g/mol. The van der Waals surface area contributed by atoms with Crippen LogP contribution in [0.3, 0.4) is 0 Å². The van der Waals surface area contributed by atoms with E-state index in [0.717, 1.165) is 18.4 Å². The Kier molecular flexibility index (Phi) is 6.31. The lowest BCUT2D eigenvalue weighted by molar-refractivity contribution is 0.0789. The molecule has 0 radical (unpaired) electrons. The van der Waals surface area contributed by atoms with Gasteiger partial charge in [0.05, 0.1) is 12.1 Å². The molecule has 2 N–H and O–H groups in total. The first-order valence-electron chi connectivity index (χ1n) is 8.38. The summed E-state index contributed by atoms with van der Waals surface area (Å²) in [5.74, 6) is 0.539. The molecular formula is C18H27ClN2O2. The molecule has 0 spiro atoms. The van der Waals surface area contributed by atoms with E-state index in [4.69, 9.17) is 11.6 Å². The molecule has 1 fully saturated rings. The van der Waals surface area contributed by atoms with Gasteiger partial charge in [0.25, 0.3) is 0 Å². The summed E-state index contributed by atoms with van der Waals surface area (Å²) < 4.78 is 0. The van der Waals surface area contributed by atoms with Crippen LogP contribution in [0.15, 0.2) is 24.3 Å². The zero-order valence-corrected chi connectivity index (χ0v) is 14.9. The van der Waals surface area contributed by atoms with Crippen LogP contribution in [-0.2, 0) is 0 Å². The number of amides is 2. The average molecular weight is 339 g/mol. The Morgan fingerprint density at radius 2 is 1.87 bits per heavy atom. The minimum absolute atomic E-state index is 0.0485. The van der Waals surface area contributed by atoms with Crippen LogP contribution in [0.4, 0.5) is 4.79 Å². The van der Waals surface area contributed by atoms with Crippen LogP contribution >= 0.6 is 11.6 Å². The van der Waals surface area contributed by atoms with Crippen LogP contribution < -0.4 is 5.32 Å². The van der Waals surface area contributed by atoms with Gasteiger partial charge in [-0.25, -0.2) is 4.79 Å². The standard InChI is InChI=1S/C18H27ClN2O2/c1-12(2)17(15-6-4-5-7-16(15)19)20-18(23)21-10-8-14(9-11-21)13(3)22/h4-7,12-14,17,22H,8-11H2,1-3H3,(H,20,23). The van der Waals surface area contributed by atoms with E-state index in [0.29, 0.717) is 24.0 Å². The van der Waals surface area contributed by atoms with Crippen molar-refractivity contribution in [3.63, 3.8) is 0 Å². The molecule has 0 saturated carbocycles. The molecule has 2 rings (SSSR count). The third-order valence-corrected chi connectivity index (χ3v) is 5.04. The van der Waals surface area contributed by atoms with Gasteiger partial charge in [-0.05, 0) is 43.2 Å². The monoisotopic (exact) mass is 338 g/mol. The molecule has 1 heterocycles. The van der Waals surface area contributed by atoms with E-state index in [9.17, 15) is 9.90 Å². The smallest absolute Gasteiger partial charge is 0.317 e. The van der Waals surface area contributed by atoms with Crippen LogP contribution in [0.1, 0.15) is 45.2 Å². The van der Waals surface area contributed by atoms with E-state index in [1.807, 2.05) is 36.1 Å². The van der Waals surface area contributed by atoms with Crippen molar-refractivity contribution in [1.29, 1.82) is 0 Å². The number of halogens is 1. The second kappa shape index (κ2) is 8.02. The lowest BCUT2D eigenvalue weighted by Crippen LogP contribution is -2.47. The second-order valence-corrected chi connectivity index (χ2v) is 7.16. The fraction of sp³-hybridized carbons (Fsp3) is 0.611. The Hall–Kier alpha value is -1.26. The van der Waals surface area contributed by atoms with E-state index in [1.54, 1.807) is 0 Å². The fourth-order valence-corrected chi connectivity index (χ4v) is 3.39. The van der Waals surface area contributed by atoms with Crippen molar-refractivity contribution in [2.24, 2.45) is 11.8 Å². The number of urea groups is 1. The van der Waals surface area contributed by atoms with Crippen molar-refractivity contribution in [3.05, 3.63) is 34.9 Å². The summed E-state index contributed by atoms with van der Waals surface area (Å²) in [7, 11) is 0. The molecule has 2 atom stereocenters. The van der Waals surface area contributed by atoms with Crippen molar-refractivity contribution in [2.45, 2.75) is 45.8 Å². The summed E-state index contributed by atoms with van der Waals surface area (Å²) in [6.45, 7) is 7.36. The van der Waals surface area contributed by atoms with Crippen molar-refractivity contribution in [2.75, 3.05) is 13.1 Å². The minimum atomic E-state index is -0.299. The highest BCUT2D eigenvalue weighted by Crippen LogP contribution is 2.29. The fourth-order valence-electron chi connectivity index (χ4n) is 3.14. The maximum Gasteiger partial charge on any atom is 0.317 e. The Morgan fingerprint density at radius 3 is 2.39 bits per heavy atom. The number of hydrogen-bond acceptors (Lipinski definition) is 2. The molecule has 2 amide bonds. The van der Waals surface area contributed by atoms with Gasteiger partial charge < -0.3 is 15.3 Å². The van der Waals surface area contributed by atoms with Crippen molar-refractivity contribution >= 4 is 17.6 Å². The Labute approximate surface area is 143 Å². The maximum atomic E-state index is 12.6. The second-order valence-electron chi connectivity index (χ2n) is 6.76. The summed E-state index contributed by atoms with van der Waals surface area (Å²) >= 11 is 6.29. The van der Waals surface area contributed by atoms with E-state index >= 15 is 0 Å². The van der Waals surface area contributed by atoms with Crippen molar-refractivity contribution in [3.8, 4) is 0 Å². The zero-order chi connectivity index (χ0) is 17.0. The first-order valence-corrected chi connectivity index (χ1v) is 8.76. The lowest BCUT2D eigenvalue weighted by atomic mass is 9.92. The number of carbonyl (C=O) groups is 1. The minimum Gasteiger partial charge on any atom is -0.393 e. The third kappa shape index (κ3) is 4.61. The first kappa shape index (κ1) is 18.1. The molecule has 1 aliphatic rings. The predicted octanol–water partition coefficient (Wildman–Crippen LogP) is 3.84. The molecule has 2 unspecified atom stereocenters. The number of nitrogens with one attached hydrogen (secondary N) is 1. The predicted molar refractivity (Wildman–Crippen MR) is 93.5 cm³/mol. The van der Waals surface area contributed by atoms with Gasteiger partial charge in [-0.1, -0.05) is 43.6 Å². The van der Waals surface area contributed by atoms with E-state index in [2.05, 4.69) is 19.2 Å². The molecule has 0 aromatic heterocycles. The van der Waals surface area contributed by atoms with E-state index in [-0.39, 0.29) is 24.1 Å². The van der Waals surface area contributed by atoms with Gasteiger partial charge in [-0.2, -0.15) is 0 Å². The maximum absolute atomic E-state index is 12.6. The van der Waals surface area contributed by atoms with Crippen LogP contribution in [-0.4, -0.2) is 35.2 Å². The van der Waals surface area contributed by atoms with Crippen LogP contribution in [0.5, 0.6) is 0 Å². The van der Waals surface area contributed by atoms with E-state index < -0.39 is 0 Å². The number of hydrogen-bond donors (Lipinski definition) is 2. The first-order chi connectivity index (χ1) is 10.9. The van der Waals surface area contributed by atoms with Gasteiger partial charge in [0.1, 0.15) is 0 Å². The normalized spacial score (nSPS) is 18.8. The van der Waals surface area contributed by atoms with Crippen LogP contribution in [0, 0.1) is 11.8 Å².